The van der Waals surface area contributed by atoms with E-state index >= 15 is 0 Å². The zero-order valence-corrected chi connectivity index (χ0v) is 5.18. The summed E-state index contributed by atoms with van der Waals surface area (Å²) in [5.74, 6) is 0. The molecule has 1 rings (SSSR count). The van der Waals surface area contributed by atoms with Gasteiger partial charge in [-0.15, -0.1) is 0 Å². The summed E-state index contributed by atoms with van der Waals surface area (Å²) in [6, 6.07) is 0. The van der Waals surface area contributed by atoms with E-state index < -0.39 is 0 Å². The first-order valence-electron chi connectivity index (χ1n) is 2.68. The van der Waals surface area contributed by atoms with Crippen LogP contribution in [0.4, 0.5) is 0 Å². The average Bonchev–Trinajstić information content (AvgIpc) is 2.03. The van der Waals surface area contributed by atoms with Gasteiger partial charge in [0.05, 0.1) is 6.54 Å². The van der Waals surface area contributed by atoms with E-state index in [4.69, 9.17) is 5.53 Å². The molecule has 1 heterocycles. The Bertz CT molecular complexity index is 237. The standard InChI is InChI=1S/C5H5N5/c6-10-9-3-5-1-7-4-8-2-5/h1-2,4H,3H2. The summed E-state index contributed by atoms with van der Waals surface area (Å²) in [7, 11) is 0. The van der Waals surface area contributed by atoms with Crippen molar-refractivity contribution in [3.63, 3.8) is 0 Å². The van der Waals surface area contributed by atoms with Gasteiger partial charge < -0.3 is 0 Å². The average molecular weight is 135 g/mol. The van der Waals surface area contributed by atoms with Crippen molar-refractivity contribution in [3.05, 3.63) is 34.7 Å². The molecule has 0 aliphatic heterocycles. The second-order valence-corrected chi connectivity index (χ2v) is 1.64. The van der Waals surface area contributed by atoms with E-state index in [-0.39, 0.29) is 0 Å². The lowest BCUT2D eigenvalue weighted by Gasteiger charge is -1.88. The van der Waals surface area contributed by atoms with Crippen molar-refractivity contribution in [3.8, 4) is 0 Å². The van der Waals surface area contributed by atoms with Crippen LogP contribution in [-0.2, 0) is 6.54 Å². The van der Waals surface area contributed by atoms with Gasteiger partial charge in [-0.05, 0) is 11.1 Å². The Balaban J connectivity index is 2.67. The first kappa shape index (κ1) is 6.51. The molecular formula is C5H5N5. The van der Waals surface area contributed by atoms with E-state index in [2.05, 4.69) is 20.0 Å². The van der Waals surface area contributed by atoms with E-state index in [9.17, 15) is 0 Å². The first-order chi connectivity index (χ1) is 4.93. The molecule has 50 valence electrons. The molecule has 0 saturated heterocycles. The molecule has 0 unspecified atom stereocenters. The van der Waals surface area contributed by atoms with Crippen molar-refractivity contribution in [1.29, 1.82) is 0 Å². The highest BCUT2D eigenvalue weighted by Crippen LogP contribution is 1.94. The van der Waals surface area contributed by atoms with Gasteiger partial charge in [-0.1, -0.05) is 5.11 Å². The fourth-order valence-electron chi connectivity index (χ4n) is 0.525. The van der Waals surface area contributed by atoms with E-state index in [1.165, 1.54) is 6.33 Å². The quantitative estimate of drug-likeness (QED) is 0.348. The summed E-state index contributed by atoms with van der Waals surface area (Å²) in [4.78, 5) is 10.1. The van der Waals surface area contributed by atoms with E-state index in [0.29, 0.717) is 6.54 Å². The monoisotopic (exact) mass is 135 g/mol. The molecule has 5 nitrogen and oxygen atoms in total. The molecule has 0 aliphatic carbocycles. The van der Waals surface area contributed by atoms with Crippen molar-refractivity contribution in [2.75, 3.05) is 0 Å². The van der Waals surface area contributed by atoms with Crippen LogP contribution < -0.4 is 0 Å². The molecule has 10 heavy (non-hydrogen) atoms. The van der Waals surface area contributed by atoms with Crippen molar-refractivity contribution in [1.82, 2.24) is 9.97 Å². The van der Waals surface area contributed by atoms with E-state index in [1.807, 2.05) is 0 Å². The number of hydrogen-bond donors (Lipinski definition) is 0. The minimum absolute atomic E-state index is 0.317. The third kappa shape index (κ3) is 1.72. The molecule has 5 heteroatoms. The van der Waals surface area contributed by atoms with Gasteiger partial charge in [0.25, 0.3) is 0 Å². The van der Waals surface area contributed by atoms with Crippen LogP contribution >= 0.6 is 0 Å². The Morgan fingerprint density at radius 3 is 2.80 bits per heavy atom. The Morgan fingerprint density at radius 1 is 1.50 bits per heavy atom. The molecular weight excluding hydrogens is 130 g/mol. The molecule has 0 bridgehead atoms. The van der Waals surface area contributed by atoms with Crippen LogP contribution in [0.5, 0.6) is 0 Å². The highest BCUT2D eigenvalue weighted by Gasteiger charge is 1.86. The summed E-state index contributed by atoms with van der Waals surface area (Å²) >= 11 is 0. The molecule has 0 aliphatic rings. The minimum Gasteiger partial charge on any atom is -0.245 e. The Labute approximate surface area is 57.4 Å². The lowest BCUT2D eigenvalue weighted by atomic mass is 10.4. The number of aromatic nitrogens is 2. The van der Waals surface area contributed by atoms with Crippen LogP contribution in [0, 0.1) is 0 Å². The zero-order chi connectivity index (χ0) is 7.23. The molecule has 0 radical (unpaired) electrons. The number of hydrogen-bond acceptors (Lipinski definition) is 3. The second-order valence-electron chi connectivity index (χ2n) is 1.64. The van der Waals surface area contributed by atoms with Crippen molar-refractivity contribution < 1.29 is 0 Å². The fraction of sp³-hybridized carbons (Fsp3) is 0.200. The Morgan fingerprint density at radius 2 is 2.20 bits per heavy atom. The van der Waals surface area contributed by atoms with Crippen LogP contribution in [0.3, 0.4) is 0 Å². The lowest BCUT2D eigenvalue weighted by Crippen LogP contribution is -1.82. The van der Waals surface area contributed by atoms with Gasteiger partial charge in [0.2, 0.25) is 0 Å². The molecule has 0 aromatic carbocycles. The van der Waals surface area contributed by atoms with Gasteiger partial charge in [0.1, 0.15) is 6.33 Å². The van der Waals surface area contributed by atoms with Crippen LogP contribution in [0.25, 0.3) is 10.4 Å². The Kier molecular flexibility index (Phi) is 2.23. The fourth-order valence-corrected chi connectivity index (χ4v) is 0.525. The third-order valence-electron chi connectivity index (χ3n) is 0.931. The largest absolute Gasteiger partial charge is 0.245 e. The number of nitrogens with zero attached hydrogens (tertiary/aromatic N) is 5. The number of azide groups is 1. The lowest BCUT2D eigenvalue weighted by molar-refractivity contribution is 0.994. The van der Waals surface area contributed by atoms with Gasteiger partial charge in [0.15, 0.2) is 0 Å². The first-order valence-corrected chi connectivity index (χ1v) is 2.68. The smallest absolute Gasteiger partial charge is 0.115 e. The topological polar surface area (TPSA) is 74.5 Å². The predicted octanol–water partition coefficient (Wildman–Crippen LogP) is 1.29. The van der Waals surface area contributed by atoms with Gasteiger partial charge in [-0.25, -0.2) is 9.97 Å². The normalized spacial score (nSPS) is 8.40. The summed E-state index contributed by atoms with van der Waals surface area (Å²) < 4.78 is 0. The SMILES string of the molecule is [N-]=[N+]=NCc1cncnc1. The molecule has 0 fully saturated rings. The highest BCUT2D eigenvalue weighted by atomic mass is 15.1. The van der Waals surface area contributed by atoms with Crippen molar-refractivity contribution in [2.45, 2.75) is 6.54 Å². The van der Waals surface area contributed by atoms with Crippen molar-refractivity contribution >= 4 is 0 Å². The molecule has 1 aromatic rings. The van der Waals surface area contributed by atoms with Gasteiger partial charge in [-0.2, -0.15) is 0 Å². The van der Waals surface area contributed by atoms with Crippen LogP contribution in [-0.4, -0.2) is 9.97 Å². The molecule has 0 amide bonds. The highest BCUT2D eigenvalue weighted by molar-refractivity contribution is 5.01. The van der Waals surface area contributed by atoms with E-state index in [1.54, 1.807) is 12.4 Å². The van der Waals surface area contributed by atoms with Crippen LogP contribution in [0.2, 0.25) is 0 Å². The van der Waals surface area contributed by atoms with Gasteiger partial charge in [-0.3, -0.25) is 0 Å². The predicted molar refractivity (Wildman–Crippen MR) is 34.9 cm³/mol. The molecule has 1 aromatic heterocycles. The Hall–Kier alpha value is -1.61. The van der Waals surface area contributed by atoms with Gasteiger partial charge >= 0.3 is 0 Å². The van der Waals surface area contributed by atoms with E-state index in [0.717, 1.165) is 5.56 Å². The summed E-state index contributed by atoms with van der Waals surface area (Å²) in [6.45, 7) is 0.317. The minimum atomic E-state index is 0.317. The molecule has 0 N–H and O–H groups in total. The maximum Gasteiger partial charge on any atom is 0.115 e. The molecule has 0 spiro atoms. The van der Waals surface area contributed by atoms with Crippen molar-refractivity contribution in [2.24, 2.45) is 5.11 Å². The van der Waals surface area contributed by atoms with Crippen LogP contribution in [0.1, 0.15) is 5.56 Å². The maximum absolute atomic E-state index is 7.95. The van der Waals surface area contributed by atoms with Gasteiger partial charge in [0, 0.05) is 17.3 Å². The molecule has 0 atom stereocenters. The molecule has 0 saturated carbocycles. The number of rotatable bonds is 2. The zero-order valence-electron chi connectivity index (χ0n) is 5.18. The summed E-state index contributed by atoms with van der Waals surface area (Å²) in [5, 5.41) is 3.34. The maximum atomic E-state index is 7.95. The third-order valence-corrected chi connectivity index (χ3v) is 0.931. The summed E-state index contributed by atoms with van der Waals surface area (Å²) in [6.07, 6.45) is 4.66. The summed E-state index contributed by atoms with van der Waals surface area (Å²) in [5.41, 5.74) is 8.76. The van der Waals surface area contributed by atoms with Crippen LogP contribution in [0.15, 0.2) is 23.8 Å². The second kappa shape index (κ2) is 3.42.